The molecule has 2 heterocycles. The number of hydrogen-bond acceptors (Lipinski definition) is 6. The van der Waals surface area contributed by atoms with Gasteiger partial charge in [-0.25, -0.2) is 9.37 Å². The zero-order valence-corrected chi connectivity index (χ0v) is 13.6. The van der Waals surface area contributed by atoms with E-state index in [9.17, 15) is 4.39 Å². The molecule has 0 bridgehead atoms. The van der Waals surface area contributed by atoms with Gasteiger partial charge in [0, 0.05) is 11.6 Å². The fraction of sp³-hybridized carbons (Fsp3) is 0.235. The molecule has 1 unspecified atom stereocenters. The van der Waals surface area contributed by atoms with Crippen molar-refractivity contribution < 1.29 is 13.7 Å². The molecule has 7 heteroatoms. The molecule has 2 aromatic heterocycles. The van der Waals surface area contributed by atoms with E-state index in [1.807, 2.05) is 13.0 Å². The van der Waals surface area contributed by atoms with Gasteiger partial charge >= 0.3 is 0 Å². The third kappa shape index (κ3) is 3.34. The lowest BCUT2D eigenvalue weighted by atomic mass is 10.1. The summed E-state index contributed by atoms with van der Waals surface area (Å²) in [5.74, 6) is 1.14. The van der Waals surface area contributed by atoms with E-state index >= 15 is 0 Å². The van der Waals surface area contributed by atoms with Crippen molar-refractivity contribution in [3.8, 4) is 17.3 Å². The molecule has 0 amide bonds. The van der Waals surface area contributed by atoms with Gasteiger partial charge in [-0.05, 0) is 43.7 Å². The first-order valence-electron chi connectivity index (χ1n) is 7.43. The molecule has 124 valence electrons. The Hall–Kier alpha value is -2.96. The van der Waals surface area contributed by atoms with Crippen LogP contribution in [0.25, 0.3) is 11.4 Å². The van der Waals surface area contributed by atoms with E-state index in [1.165, 1.54) is 6.07 Å². The van der Waals surface area contributed by atoms with E-state index in [0.717, 1.165) is 5.69 Å². The number of halogens is 1. The number of nitrogens with one attached hydrogen (secondary N) is 1. The first-order valence-corrected chi connectivity index (χ1v) is 7.43. The molecule has 0 aliphatic heterocycles. The minimum Gasteiger partial charge on any atom is -0.481 e. The van der Waals surface area contributed by atoms with Gasteiger partial charge in [0.05, 0.1) is 19.0 Å². The first kappa shape index (κ1) is 15.9. The fourth-order valence-corrected chi connectivity index (χ4v) is 2.21. The number of methoxy groups -OCH3 is 1. The summed E-state index contributed by atoms with van der Waals surface area (Å²) in [5, 5.41) is 7.18. The largest absolute Gasteiger partial charge is 0.481 e. The van der Waals surface area contributed by atoms with Gasteiger partial charge in [-0.1, -0.05) is 5.16 Å². The van der Waals surface area contributed by atoms with Crippen LogP contribution < -0.4 is 10.1 Å². The number of hydrogen-bond donors (Lipinski definition) is 1. The summed E-state index contributed by atoms with van der Waals surface area (Å²) in [4.78, 5) is 8.50. The van der Waals surface area contributed by atoms with Crippen LogP contribution in [0.2, 0.25) is 0 Å². The summed E-state index contributed by atoms with van der Waals surface area (Å²) in [7, 11) is 1.56. The Kier molecular flexibility index (Phi) is 4.41. The lowest BCUT2D eigenvalue weighted by molar-refractivity contribution is 0.368. The van der Waals surface area contributed by atoms with Crippen molar-refractivity contribution in [2.45, 2.75) is 19.9 Å². The third-order valence-electron chi connectivity index (χ3n) is 3.56. The molecular formula is C17H17FN4O2. The Labute approximate surface area is 138 Å². The summed E-state index contributed by atoms with van der Waals surface area (Å²) in [6, 6.07) is 8.12. The van der Waals surface area contributed by atoms with Crippen LogP contribution in [0.1, 0.15) is 24.4 Å². The van der Waals surface area contributed by atoms with Crippen LogP contribution in [0.15, 0.2) is 41.1 Å². The Morgan fingerprint density at radius 1 is 1.25 bits per heavy atom. The van der Waals surface area contributed by atoms with E-state index in [4.69, 9.17) is 9.26 Å². The topological polar surface area (TPSA) is 73.1 Å². The standard InChI is InChI=1S/C17H17FN4O2/c1-10-8-12(4-6-14(10)18)16-21-17(24-22-16)11(2)20-13-5-7-15(23-3)19-9-13/h4-9,11,20H,1-3H3. The minimum atomic E-state index is -0.260. The van der Waals surface area contributed by atoms with Gasteiger partial charge in [-0.3, -0.25) is 0 Å². The number of anilines is 1. The average molecular weight is 328 g/mol. The molecule has 24 heavy (non-hydrogen) atoms. The van der Waals surface area contributed by atoms with Crippen LogP contribution in [0, 0.1) is 12.7 Å². The van der Waals surface area contributed by atoms with Gasteiger partial charge in [0.15, 0.2) is 0 Å². The highest BCUT2D eigenvalue weighted by molar-refractivity contribution is 5.55. The lowest BCUT2D eigenvalue weighted by Gasteiger charge is -2.10. The minimum absolute atomic E-state index is 0.206. The van der Waals surface area contributed by atoms with Crippen LogP contribution in [-0.2, 0) is 0 Å². The Balaban J connectivity index is 1.75. The van der Waals surface area contributed by atoms with Crippen molar-refractivity contribution in [2.75, 3.05) is 12.4 Å². The number of aromatic nitrogens is 3. The van der Waals surface area contributed by atoms with Crippen molar-refractivity contribution >= 4 is 5.69 Å². The van der Waals surface area contributed by atoms with Crippen molar-refractivity contribution in [1.82, 2.24) is 15.1 Å². The molecule has 1 atom stereocenters. The molecule has 0 saturated heterocycles. The van der Waals surface area contributed by atoms with Gasteiger partial charge in [-0.15, -0.1) is 0 Å². The Morgan fingerprint density at radius 3 is 2.75 bits per heavy atom. The molecule has 3 aromatic rings. The van der Waals surface area contributed by atoms with Crippen molar-refractivity contribution in [3.05, 3.63) is 53.8 Å². The second kappa shape index (κ2) is 6.66. The number of rotatable bonds is 5. The normalized spacial score (nSPS) is 12.0. The van der Waals surface area contributed by atoms with Crippen LogP contribution in [0.5, 0.6) is 5.88 Å². The van der Waals surface area contributed by atoms with Crippen molar-refractivity contribution in [2.24, 2.45) is 0 Å². The smallest absolute Gasteiger partial charge is 0.249 e. The number of benzene rings is 1. The second-order valence-electron chi connectivity index (χ2n) is 5.38. The molecule has 0 aliphatic carbocycles. The maximum absolute atomic E-state index is 13.4. The highest BCUT2D eigenvalue weighted by Crippen LogP contribution is 2.23. The maximum Gasteiger partial charge on any atom is 0.249 e. The highest BCUT2D eigenvalue weighted by Gasteiger charge is 2.16. The summed E-state index contributed by atoms with van der Waals surface area (Å²) in [5.41, 5.74) is 2.05. The van der Waals surface area contributed by atoms with Crippen molar-refractivity contribution in [3.63, 3.8) is 0 Å². The van der Waals surface area contributed by atoms with E-state index in [2.05, 4.69) is 20.4 Å². The average Bonchev–Trinajstić information content (AvgIpc) is 3.08. The molecule has 3 rings (SSSR count). The lowest BCUT2D eigenvalue weighted by Crippen LogP contribution is -2.07. The summed E-state index contributed by atoms with van der Waals surface area (Å²) < 4.78 is 23.7. The van der Waals surface area contributed by atoms with Gasteiger partial charge in [0.2, 0.25) is 17.6 Å². The van der Waals surface area contributed by atoms with E-state index in [1.54, 1.807) is 38.4 Å². The van der Waals surface area contributed by atoms with Gasteiger partial charge < -0.3 is 14.6 Å². The second-order valence-corrected chi connectivity index (χ2v) is 5.38. The molecule has 6 nitrogen and oxygen atoms in total. The number of aryl methyl sites for hydroxylation is 1. The summed E-state index contributed by atoms with van der Waals surface area (Å²) >= 11 is 0. The first-order chi connectivity index (χ1) is 11.6. The zero-order valence-electron chi connectivity index (χ0n) is 13.6. The number of ether oxygens (including phenoxy) is 1. The molecule has 0 spiro atoms. The Bertz CT molecular complexity index is 833. The highest BCUT2D eigenvalue weighted by atomic mass is 19.1. The molecule has 0 aliphatic rings. The summed E-state index contributed by atoms with van der Waals surface area (Å²) in [6.45, 7) is 3.60. The van der Waals surface area contributed by atoms with E-state index < -0.39 is 0 Å². The Morgan fingerprint density at radius 2 is 2.08 bits per heavy atom. The number of nitrogens with zero attached hydrogens (tertiary/aromatic N) is 3. The molecule has 1 aromatic carbocycles. The monoisotopic (exact) mass is 328 g/mol. The zero-order chi connectivity index (χ0) is 17.1. The van der Waals surface area contributed by atoms with Crippen LogP contribution >= 0.6 is 0 Å². The molecular weight excluding hydrogens is 311 g/mol. The predicted molar refractivity (Wildman–Crippen MR) is 87.3 cm³/mol. The van der Waals surface area contributed by atoms with Crippen LogP contribution in [0.3, 0.4) is 0 Å². The van der Waals surface area contributed by atoms with Gasteiger partial charge in [0.25, 0.3) is 0 Å². The fourth-order valence-electron chi connectivity index (χ4n) is 2.21. The maximum atomic E-state index is 13.4. The van der Waals surface area contributed by atoms with Crippen molar-refractivity contribution in [1.29, 1.82) is 0 Å². The van der Waals surface area contributed by atoms with Crippen LogP contribution in [0.4, 0.5) is 10.1 Å². The van der Waals surface area contributed by atoms with Gasteiger partial charge in [-0.2, -0.15) is 4.98 Å². The number of pyridine rings is 1. The molecule has 0 saturated carbocycles. The molecule has 0 fully saturated rings. The summed E-state index contributed by atoms with van der Waals surface area (Å²) in [6.07, 6.45) is 1.66. The van der Waals surface area contributed by atoms with E-state index in [0.29, 0.717) is 28.7 Å². The predicted octanol–water partition coefficient (Wildman–Crippen LogP) is 3.76. The molecule has 0 radical (unpaired) electrons. The third-order valence-corrected chi connectivity index (χ3v) is 3.56. The quantitative estimate of drug-likeness (QED) is 0.769. The van der Waals surface area contributed by atoms with E-state index in [-0.39, 0.29) is 11.9 Å². The van der Waals surface area contributed by atoms with Crippen LogP contribution in [-0.4, -0.2) is 22.2 Å². The van der Waals surface area contributed by atoms with Gasteiger partial charge in [0.1, 0.15) is 11.9 Å². The molecule has 1 N–H and O–H groups in total. The SMILES string of the molecule is COc1ccc(NC(C)c2nc(-c3ccc(F)c(C)c3)no2)cn1.